The summed E-state index contributed by atoms with van der Waals surface area (Å²) in [7, 11) is 0. The minimum Gasteiger partial charge on any atom is -0.466 e. The molecule has 30 heavy (non-hydrogen) atoms. The molecular formula is C23H42O7. The topological polar surface area (TPSA) is 99.1 Å². The van der Waals surface area contributed by atoms with E-state index in [1.807, 2.05) is 27.7 Å². The first kappa shape index (κ1) is 28.4. The van der Waals surface area contributed by atoms with Crippen molar-refractivity contribution in [2.24, 2.45) is 5.92 Å². The number of carbonyl (C=O) groups excluding carboxylic acids is 3. The smallest absolute Gasteiger partial charge is 0.339 e. The third kappa shape index (κ3) is 11.0. The molecule has 0 rings (SSSR count). The summed E-state index contributed by atoms with van der Waals surface area (Å²) in [5.41, 5.74) is -2.30. The van der Waals surface area contributed by atoms with Crippen LogP contribution in [0.15, 0.2) is 0 Å². The summed E-state index contributed by atoms with van der Waals surface area (Å²) < 4.78 is 15.7. The molecule has 0 amide bonds. The number of ether oxygens (including phenoxy) is 3. The first-order chi connectivity index (χ1) is 14.4. The van der Waals surface area contributed by atoms with Gasteiger partial charge in [0.2, 0.25) is 0 Å². The SMILES string of the molecule is CCCCCC(C(=O)OCCCC)C(O)(CC(=O)OCCCC)C(=O)OCCCC. The van der Waals surface area contributed by atoms with Gasteiger partial charge in [-0.2, -0.15) is 0 Å². The Morgan fingerprint density at radius 2 is 1.23 bits per heavy atom. The highest BCUT2D eigenvalue weighted by molar-refractivity contribution is 5.91. The molecule has 0 spiro atoms. The lowest BCUT2D eigenvalue weighted by Gasteiger charge is -2.32. The minimum atomic E-state index is -2.30. The van der Waals surface area contributed by atoms with Crippen LogP contribution in [0.2, 0.25) is 0 Å². The van der Waals surface area contributed by atoms with Crippen LogP contribution in [-0.4, -0.2) is 48.4 Å². The molecule has 0 radical (unpaired) electrons. The lowest BCUT2D eigenvalue weighted by Crippen LogP contribution is -2.52. The molecule has 0 aliphatic rings. The molecule has 1 N–H and O–H groups in total. The maximum Gasteiger partial charge on any atom is 0.339 e. The fraction of sp³-hybridized carbons (Fsp3) is 0.870. The first-order valence-electron chi connectivity index (χ1n) is 11.6. The van der Waals surface area contributed by atoms with Crippen LogP contribution >= 0.6 is 0 Å². The average molecular weight is 431 g/mol. The second-order valence-corrected chi connectivity index (χ2v) is 7.73. The quantitative estimate of drug-likeness (QED) is 0.196. The van der Waals surface area contributed by atoms with Crippen LogP contribution in [0.4, 0.5) is 0 Å². The van der Waals surface area contributed by atoms with E-state index in [2.05, 4.69) is 0 Å². The van der Waals surface area contributed by atoms with Crippen molar-refractivity contribution in [2.75, 3.05) is 19.8 Å². The Hall–Kier alpha value is -1.63. The molecule has 0 aliphatic heterocycles. The number of hydrogen-bond donors (Lipinski definition) is 1. The number of esters is 3. The molecule has 0 aliphatic carbocycles. The Kier molecular flexibility index (Phi) is 16.2. The number of hydrogen-bond acceptors (Lipinski definition) is 7. The lowest BCUT2D eigenvalue weighted by molar-refractivity contribution is -0.187. The molecule has 0 fully saturated rings. The van der Waals surface area contributed by atoms with Crippen LogP contribution < -0.4 is 0 Å². The van der Waals surface area contributed by atoms with Gasteiger partial charge in [-0.05, 0) is 25.7 Å². The van der Waals surface area contributed by atoms with Crippen molar-refractivity contribution in [2.45, 2.75) is 104 Å². The minimum absolute atomic E-state index is 0.120. The highest BCUT2D eigenvalue weighted by Crippen LogP contribution is 2.31. The van der Waals surface area contributed by atoms with Crippen molar-refractivity contribution in [1.29, 1.82) is 0 Å². The van der Waals surface area contributed by atoms with Crippen LogP contribution in [0, 0.1) is 5.92 Å². The summed E-state index contributed by atoms with van der Waals surface area (Å²) in [4.78, 5) is 38.0. The number of unbranched alkanes of at least 4 members (excludes halogenated alkanes) is 5. The second-order valence-electron chi connectivity index (χ2n) is 7.73. The number of carbonyl (C=O) groups is 3. The van der Waals surface area contributed by atoms with Crippen molar-refractivity contribution in [3.8, 4) is 0 Å². The summed E-state index contributed by atoms with van der Waals surface area (Å²) in [6, 6.07) is 0. The fourth-order valence-electron chi connectivity index (χ4n) is 2.94. The van der Waals surface area contributed by atoms with E-state index in [9.17, 15) is 19.5 Å². The number of aliphatic hydroxyl groups is 1. The van der Waals surface area contributed by atoms with E-state index in [4.69, 9.17) is 14.2 Å². The van der Waals surface area contributed by atoms with E-state index in [0.29, 0.717) is 25.7 Å². The van der Waals surface area contributed by atoms with Gasteiger partial charge in [0.05, 0.1) is 32.2 Å². The average Bonchev–Trinajstić information content (AvgIpc) is 2.71. The molecule has 0 saturated heterocycles. The van der Waals surface area contributed by atoms with E-state index < -0.39 is 35.8 Å². The zero-order valence-electron chi connectivity index (χ0n) is 19.4. The van der Waals surface area contributed by atoms with E-state index in [-0.39, 0.29) is 26.2 Å². The van der Waals surface area contributed by atoms with Gasteiger partial charge in [-0.15, -0.1) is 0 Å². The highest BCUT2D eigenvalue weighted by Gasteiger charge is 2.51. The molecule has 0 saturated carbocycles. The molecule has 0 aromatic carbocycles. The van der Waals surface area contributed by atoms with Gasteiger partial charge in [0, 0.05) is 0 Å². The Morgan fingerprint density at radius 1 is 0.733 bits per heavy atom. The molecule has 0 aromatic heterocycles. The van der Waals surface area contributed by atoms with Crippen molar-refractivity contribution < 1.29 is 33.7 Å². The van der Waals surface area contributed by atoms with Crippen LogP contribution in [-0.2, 0) is 28.6 Å². The van der Waals surface area contributed by atoms with Crippen LogP contribution in [0.1, 0.15) is 98.3 Å². The predicted octanol–water partition coefficient (Wildman–Crippen LogP) is 4.33. The van der Waals surface area contributed by atoms with Gasteiger partial charge in [-0.1, -0.05) is 66.2 Å². The molecule has 0 bridgehead atoms. The molecule has 2 atom stereocenters. The molecule has 7 nitrogen and oxygen atoms in total. The van der Waals surface area contributed by atoms with Gasteiger partial charge in [0.1, 0.15) is 0 Å². The summed E-state index contributed by atoms with van der Waals surface area (Å²) in [5.74, 6) is -3.53. The molecule has 2 unspecified atom stereocenters. The lowest BCUT2D eigenvalue weighted by atomic mass is 9.80. The Morgan fingerprint density at radius 3 is 1.77 bits per heavy atom. The highest BCUT2D eigenvalue weighted by atomic mass is 16.6. The molecule has 0 aromatic rings. The Labute approximate surface area is 181 Å². The molecule has 7 heteroatoms. The molecule has 176 valence electrons. The van der Waals surface area contributed by atoms with Gasteiger partial charge in [-0.25, -0.2) is 4.79 Å². The van der Waals surface area contributed by atoms with Crippen molar-refractivity contribution in [1.82, 2.24) is 0 Å². The monoisotopic (exact) mass is 430 g/mol. The first-order valence-corrected chi connectivity index (χ1v) is 11.6. The van der Waals surface area contributed by atoms with Crippen LogP contribution in [0.5, 0.6) is 0 Å². The van der Waals surface area contributed by atoms with Gasteiger partial charge in [0.25, 0.3) is 0 Å². The van der Waals surface area contributed by atoms with E-state index in [1.54, 1.807) is 0 Å². The van der Waals surface area contributed by atoms with Gasteiger partial charge >= 0.3 is 17.9 Å². The molecule has 0 heterocycles. The standard InChI is InChI=1S/C23H42O7/c1-5-9-13-14-19(21(25)29-16-11-7-3)23(27,22(26)30-17-12-8-4)18-20(24)28-15-10-6-2/h19,27H,5-18H2,1-4H3. The zero-order valence-corrected chi connectivity index (χ0v) is 19.4. The maximum atomic E-state index is 12.8. The van der Waals surface area contributed by atoms with Gasteiger partial charge < -0.3 is 19.3 Å². The van der Waals surface area contributed by atoms with Gasteiger partial charge in [-0.3, -0.25) is 9.59 Å². The summed E-state index contributed by atoms with van der Waals surface area (Å²) >= 11 is 0. The van der Waals surface area contributed by atoms with Crippen LogP contribution in [0.3, 0.4) is 0 Å². The Bertz CT molecular complexity index is 492. The Balaban J connectivity index is 5.57. The maximum absolute atomic E-state index is 12.8. The predicted molar refractivity (Wildman–Crippen MR) is 115 cm³/mol. The summed E-state index contributed by atoms with van der Waals surface area (Å²) in [6.45, 7) is 8.44. The van der Waals surface area contributed by atoms with E-state index in [1.165, 1.54) is 0 Å². The third-order valence-corrected chi connectivity index (χ3v) is 4.96. The summed E-state index contributed by atoms with van der Waals surface area (Å²) in [5, 5.41) is 11.3. The van der Waals surface area contributed by atoms with Crippen molar-refractivity contribution >= 4 is 17.9 Å². The van der Waals surface area contributed by atoms with Crippen LogP contribution in [0.25, 0.3) is 0 Å². The van der Waals surface area contributed by atoms with Crippen molar-refractivity contribution in [3.63, 3.8) is 0 Å². The fourth-order valence-corrected chi connectivity index (χ4v) is 2.94. The van der Waals surface area contributed by atoms with Gasteiger partial charge in [0.15, 0.2) is 5.60 Å². The third-order valence-electron chi connectivity index (χ3n) is 4.96. The number of rotatable bonds is 18. The van der Waals surface area contributed by atoms with Crippen molar-refractivity contribution in [3.05, 3.63) is 0 Å². The normalized spacial score (nSPS) is 13.9. The second kappa shape index (κ2) is 17.1. The molecular weight excluding hydrogens is 388 g/mol. The van der Waals surface area contributed by atoms with E-state index in [0.717, 1.165) is 32.1 Å². The largest absolute Gasteiger partial charge is 0.466 e. The summed E-state index contributed by atoms with van der Waals surface area (Å²) in [6.07, 6.45) is 6.49. The zero-order chi connectivity index (χ0) is 22.8. The van der Waals surface area contributed by atoms with E-state index >= 15 is 0 Å².